The zero-order chi connectivity index (χ0) is 17.1. The molecule has 1 aromatic rings. The minimum Gasteiger partial charge on any atom is -0.494 e. The van der Waals surface area contributed by atoms with E-state index in [0.29, 0.717) is 0 Å². The van der Waals surface area contributed by atoms with Crippen LogP contribution in [0.5, 0.6) is 5.75 Å². The maximum Gasteiger partial charge on any atom is 0.119 e. The zero-order valence-corrected chi connectivity index (χ0v) is 15.2. The van der Waals surface area contributed by atoms with Crippen molar-refractivity contribution in [3.8, 4) is 5.75 Å². The van der Waals surface area contributed by atoms with Gasteiger partial charge in [-0.2, -0.15) is 0 Å². The molecule has 0 saturated heterocycles. The van der Waals surface area contributed by atoms with E-state index in [1.165, 1.54) is 18.4 Å². The highest BCUT2D eigenvalue weighted by Gasteiger charge is 2.22. The number of aliphatic hydroxyl groups excluding tert-OH is 1. The Labute approximate surface area is 142 Å². The molecule has 1 rings (SSSR count). The normalized spacial score (nSPS) is 14.0. The molecule has 0 spiro atoms. The second-order valence-electron chi connectivity index (χ2n) is 7.15. The second-order valence-corrected chi connectivity index (χ2v) is 7.15. The Kier molecular flexibility index (Phi) is 9.27. The van der Waals surface area contributed by atoms with Gasteiger partial charge in [-0.25, -0.2) is 0 Å². The van der Waals surface area contributed by atoms with Gasteiger partial charge in [-0.15, -0.1) is 0 Å². The van der Waals surface area contributed by atoms with E-state index in [-0.39, 0.29) is 6.61 Å². The molecule has 0 aromatic heterocycles. The van der Waals surface area contributed by atoms with Crippen LogP contribution in [0.25, 0.3) is 0 Å². The summed E-state index contributed by atoms with van der Waals surface area (Å²) in [7, 11) is 0. The molecule has 0 aliphatic carbocycles. The van der Waals surface area contributed by atoms with E-state index in [4.69, 9.17) is 10.5 Å². The van der Waals surface area contributed by atoms with Crippen molar-refractivity contribution >= 4 is 0 Å². The van der Waals surface area contributed by atoms with Gasteiger partial charge in [0.25, 0.3) is 0 Å². The first-order valence-corrected chi connectivity index (χ1v) is 9.10. The van der Waals surface area contributed by atoms with Gasteiger partial charge in [-0.3, -0.25) is 0 Å². The van der Waals surface area contributed by atoms with Gasteiger partial charge < -0.3 is 15.6 Å². The summed E-state index contributed by atoms with van der Waals surface area (Å²) in [6.07, 6.45) is 7.18. The van der Waals surface area contributed by atoms with E-state index in [9.17, 15) is 5.11 Å². The van der Waals surface area contributed by atoms with Crippen LogP contribution in [-0.4, -0.2) is 23.9 Å². The SMILES string of the molecule is CCCC(N)(CO)CCc1ccc(OCCCCC(C)C)cc1. The van der Waals surface area contributed by atoms with E-state index in [0.717, 1.165) is 50.4 Å². The van der Waals surface area contributed by atoms with E-state index in [2.05, 4.69) is 32.9 Å². The first-order valence-electron chi connectivity index (χ1n) is 9.10. The summed E-state index contributed by atoms with van der Waals surface area (Å²) < 4.78 is 5.78. The fourth-order valence-corrected chi connectivity index (χ4v) is 2.77. The second kappa shape index (κ2) is 10.7. The molecule has 0 aliphatic heterocycles. The minimum absolute atomic E-state index is 0.0540. The maximum atomic E-state index is 9.47. The Morgan fingerprint density at radius 2 is 1.83 bits per heavy atom. The number of benzene rings is 1. The molecule has 0 aliphatic rings. The first-order chi connectivity index (χ1) is 11.0. The Balaban J connectivity index is 2.33. The standard InChI is InChI=1S/C20H35NO2/c1-4-13-20(21,16-22)14-12-18-8-10-19(11-9-18)23-15-6-5-7-17(2)3/h8-11,17,22H,4-7,12-16,21H2,1-3H3. The molecule has 0 fully saturated rings. The van der Waals surface area contributed by atoms with Gasteiger partial charge in [-0.05, 0) is 55.7 Å². The molecule has 0 saturated carbocycles. The number of nitrogens with two attached hydrogens (primary N) is 1. The lowest BCUT2D eigenvalue weighted by molar-refractivity contribution is 0.177. The molecule has 0 bridgehead atoms. The fraction of sp³-hybridized carbons (Fsp3) is 0.700. The lowest BCUT2D eigenvalue weighted by atomic mass is 9.89. The number of hydrogen-bond acceptors (Lipinski definition) is 3. The van der Waals surface area contributed by atoms with Gasteiger partial charge in [0.05, 0.1) is 13.2 Å². The van der Waals surface area contributed by atoms with Crippen LogP contribution >= 0.6 is 0 Å². The van der Waals surface area contributed by atoms with Crippen LogP contribution in [0.15, 0.2) is 24.3 Å². The Hall–Kier alpha value is -1.06. The maximum absolute atomic E-state index is 9.47. The molecule has 1 unspecified atom stereocenters. The zero-order valence-electron chi connectivity index (χ0n) is 15.2. The Bertz CT molecular complexity index is 416. The van der Waals surface area contributed by atoms with Gasteiger partial charge >= 0.3 is 0 Å². The van der Waals surface area contributed by atoms with Crippen LogP contribution in [0.1, 0.15) is 64.9 Å². The minimum atomic E-state index is -0.444. The van der Waals surface area contributed by atoms with Crippen LogP contribution in [-0.2, 0) is 6.42 Å². The number of aliphatic hydroxyl groups is 1. The molecular weight excluding hydrogens is 286 g/mol. The van der Waals surface area contributed by atoms with Gasteiger partial charge in [0.2, 0.25) is 0 Å². The highest BCUT2D eigenvalue weighted by atomic mass is 16.5. The molecule has 0 amide bonds. The summed E-state index contributed by atoms with van der Waals surface area (Å²) in [5, 5.41) is 9.47. The molecule has 132 valence electrons. The summed E-state index contributed by atoms with van der Waals surface area (Å²) in [5.74, 6) is 1.71. The van der Waals surface area contributed by atoms with Crippen molar-refractivity contribution in [2.75, 3.05) is 13.2 Å². The summed E-state index contributed by atoms with van der Waals surface area (Å²) in [6, 6.07) is 8.28. The third kappa shape index (κ3) is 8.38. The Morgan fingerprint density at radius 1 is 1.13 bits per heavy atom. The summed E-state index contributed by atoms with van der Waals surface area (Å²) in [5.41, 5.74) is 7.03. The summed E-state index contributed by atoms with van der Waals surface area (Å²) in [6.45, 7) is 7.46. The number of ether oxygens (including phenoxy) is 1. The molecule has 0 radical (unpaired) electrons. The van der Waals surface area contributed by atoms with Crippen LogP contribution in [0.3, 0.4) is 0 Å². The van der Waals surface area contributed by atoms with E-state index >= 15 is 0 Å². The van der Waals surface area contributed by atoms with Crippen LogP contribution in [0.2, 0.25) is 0 Å². The average Bonchev–Trinajstić information content (AvgIpc) is 2.54. The largest absolute Gasteiger partial charge is 0.494 e. The predicted molar refractivity (Wildman–Crippen MR) is 97.9 cm³/mol. The molecule has 0 heterocycles. The van der Waals surface area contributed by atoms with Gasteiger partial charge in [0.1, 0.15) is 5.75 Å². The van der Waals surface area contributed by atoms with Crippen LogP contribution in [0, 0.1) is 5.92 Å². The Morgan fingerprint density at radius 3 is 2.39 bits per heavy atom. The smallest absolute Gasteiger partial charge is 0.119 e. The van der Waals surface area contributed by atoms with Crippen molar-refractivity contribution in [3.05, 3.63) is 29.8 Å². The van der Waals surface area contributed by atoms with Gasteiger partial charge in [0, 0.05) is 5.54 Å². The lowest BCUT2D eigenvalue weighted by Crippen LogP contribution is -2.43. The van der Waals surface area contributed by atoms with Gasteiger partial charge in [-0.1, -0.05) is 45.7 Å². The van der Waals surface area contributed by atoms with Crippen molar-refractivity contribution in [1.29, 1.82) is 0 Å². The summed E-state index contributed by atoms with van der Waals surface area (Å²) in [4.78, 5) is 0. The molecule has 3 heteroatoms. The molecule has 3 N–H and O–H groups in total. The molecule has 3 nitrogen and oxygen atoms in total. The molecular formula is C20H35NO2. The van der Waals surface area contributed by atoms with E-state index in [1.807, 2.05) is 12.1 Å². The fourth-order valence-electron chi connectivity index (χ4n) is 2.77. The number of aryl methyl sites for hydroxylation is 1. The third-order valence-corrected chi connectivity index (χ3v) is 4.34. The quantitative estimate of drug-likeness (QED) is 0.564. The van der Waals surface area contributed by atoms with Crippen LogP contribution < -0.4 is 10.5 Å². The van der Waals surface area contributed by atoms with Gasteiger partial charge in [0.15, 0.2) is 0 Å². The number of hydrogen-bond donors (Lipinski definition) is 2. The highest BCUT2D eigenvalue weighted by molar-refractivity contribution is 5.27. The van der Waals surface area contributed by atoms with E-state index in [1.54, 1.807) is 0 Å². The summed E-state index contributed by atoms with van der Waals surface area (Å²) >= 11 is 0. The van der Waals surface area contributed by atoms with Crippen molar-refractivity contribution in [2.24, 2.45) is 11.7 Å². The molecule has 23 heavy (non-hydrogen) atoms. The van der Waals surface area contributed by atoms with Crippen molar-refractivity contribution in [3.63, 3.8) is 0 Å². The molecule has 1 aromatic carbocycles. The highest BCUT2D eigenvalue weighted by Crippen LogP contribution is 2.19. The van der Waals surface area contributed by atoms with Crippen molar-refractivity contribution in [1.82, 2.24) is 0 Å². The predicted octanol–water partition coefficient (Wildman–Crippen LogP) is 4.31. The van der Waals surface area contributed by atoms with E-state index < -0.39 is 5.54 Å². The molecule has 1 atom stereocenters. The van der Waals surface area contributed by atoms with Crippen LogP contribution in [0.4, 0.5) is 0 Å². The monoisotopic (exact) mass is 321 g/mol. The third-order valence-electron chi connectivity index (χ3n) is 4.34. The first kappa shape index (κ1) is 20.0. The number of unbranched alkanes of at least 4 members (excludes halogenated alkanes) is 1. The lowest BCUT2D eigenvalue weighted by Gasteiger charge is -2.26. The number of rotatable bonds is 12. The average molecular weight is 322 g/mol. The van der Waals surface area contributed by atoms with Crippen molar-refractivity contribution in [2.45, 2.75) is 71.3 Å². The van der Waals surface area contributed by atoms with Crippen molar-refractivity contribution < 1.29 is 9.84 Å². The topological polar surface area (TPSA) is 55.5 Å².